The third-order valence-electron chi connectivity index (χ3n) is 7.08. The van der Waals surface area contributed by atoms with Crippen LogP contribution in [-0.4, -0.2) is 47.9 Å². The molecule has 0 radical (unpaired) electrons. The van der Waals surface area contributed by atoms with Crippen LogP contribution in [0.4, 0.5) is 18.9 Å². The van der Waals surface area contributed by atoms with Gasteiger partial charge >= 0.3 is 6.61 Å². The topological polar surface area (TPSA) is 74.7 Å². The van der Waals surface area contributed by atoms with Crippen molar-refractivity contribution in [1.29, 1.82) is 0 Å². The maximum atomic E-state index is 13.9. The lowest BCUT2D eigenvalue weighted by Crippen LogP contribution is -2.22. The van der Waals surface area contributed by atoms with Crippen molar-refractivity contribution in [3.63, 3.8) is 0 Å². The number of alkyl halides is 3. The second-order valence-electron chi connectivity index (χ2n) is 9.59. The molecule has 1 aliphatic carbocycles. The molecule has 1 saturated carbocycles. The van der Waals surface area contributed by atoms with Gasteiger partial charge in [-0.1, -0.05) is 5.16 Å². The highest BCUT2D eigenvalue weighted by Crippen LogP contribution is 2.45. The van der Waals surface area contributed by atoms with Gasteiger partial charge in [-0.25, -0.2) is 9.37 Å². The molecule has 1 unspecified atom stereocenters. The number of halogens is 3. The number of aromatic nitrogens is 3. The van der Waals surface area contributed by atoms with E-state index in [1.165, 1.54) is 0 Å². The SMILES string of the molecule is C=Nc1cc(-c2c(C)noc2C)c(OC)cc1-c1c(C)nc(C2CCC(F)CC2)n1C(C)COC(F)F. The fourth-order valence-corrected chi connectivity index (χ4v) is 5.34. The number of benzene rings is 1. The molecule has 0 saturated heterocycles. The second kappa shape index (κ2) is 11.1. The summed E-state index contributed by atoms with van der Waals surface area (Å²) in [5.41, 5.74) is 4.96. The number of rotatable bonds is 9. The average molecular weight is 519 g/mol. The van der Waals surface area contributed by atoms with E-state index in [1.807, 2.05) is 44.4 Å². The number of imidazole rings is 1. The largest absolute Gasteiger partial charge is 0.496 e. The van der Waals surface area contributed by atoms with E-state index in [2.05, 4.69) is 16.9 Å². The molecule has 4 rings (SSSR count). The smallest absolute Gasteiger partial charge is 0.345 e. The molecule has 200 valence electrons. The molecule has 0 amide bonds. The van der Waals surface area contributed by atoms with Crippen LogP contribution in [-0.2, 0) is 4.74 Å². The molecule has 10 heteroatoms. The van der Waals surface area contributed by atoms with E-state index in [9.17, 15) is 13.2 Å². The van der Waals surface area contributed by atoms with E-state index >= 15 is 0 Å². The summed E-state index contributed by atoms with van der Waals surface area (Å²) < 4.78 is 57.6. The molecule has 1 aliphatic rings. The number of aryl methyl sites for hydroxylation is 3. The monoisotopic (exact) mass is 518 g/mol. The lowest BCUT2D eigenvalue weighted by Gasteiger charge is -2.27. The van der Waals surface area contributed by atoms with Gasteiger partial charge in [-0.3, -0.25) is 4.99 Å². The minimum atomic E-state index is -2.89. The first kappa shape index (κ1) is 26.9. The Kier molecular flexibility index (Phi) is 8.06. The molecule has 0 N–H and O–H groups in total. The molecule has 3 aromatic rings. The van der Waals surface area contributed by atoms with Crippen molar-refractivity contribution in [2.45, 2.75) is 78.1 Å². The van der Waals surface area contributed by atoms with Crippen molar-refractivity contribution >= 4 is 12.4 Å². The molecule has 0 aliphatic heterocycles. The van der Waals surface area contributed by atoms with Gasteiger partial charge in [0, 0.05) is 17.0 Å². The molecule has 7 nitrogen and oxygen atoms in total. The first-order valence-electron chi connectivity index (χ1n) is 12.4. The number of methoxy groups -OCH3 is 1. The molecule has 0 bridgehead atoms. The first-order chi connectivity index (χ1) is 17.7. The molecular weight excluding hydrogens is 485 g/mol. The fourth-order valence-electron chi connectivity index (χ4n) is 5.34. The Balaban J connectivity index is 1.91. The zero-order chi connectivity index (χ0) is 26.9. The third-order valence-corrected chi connectivity index (χ3v) is 7.08. The van der Waals surface area contributed by atoms with Crippen molar-refractivity contribution in [3.8, 4) is 28.1 Å². The number of ether oxygens (including phenoxy) is 2. The molecule has 1 aromatic carbocycles. The quantitative estimate of drug-likeness (QED) is 0.279. The van der Waals surface area contributed by atoms with E-state index in [0.717, 1.165) is 17.0 Å². The van der Waals surface area contributed by atoms with Crippen LogP contribution >= 0.6 is 0 Å². The lowest BCUT2D eigenvalue weighted by atomic mass is 9.87. The third kappa shape index (κ3) is 5.30. The van der Waals surface area contributed by atoms with E-state index in [1.54, 1.807) is 7.11 Å². The predicted molar refractivity (Wildman–Crippen MR) is 136 cm³/mol. The minimum Gasteiger partial charge on any atom is -0.496 e. The van der Waals surface area contributed by atoms with Crippen LogP contribution in [0.5, 0.6) is 5.75 Å². The predicted octanol–water partition coefficient (Wildman–Crippen LogP) is 7.27. The Hall–Kier alpha value is -3.14. The number of hydrogen-bond donors (Lipinski definition) is 0. The summed E-state index contributed by atoms with van der Waals surface area (Å²) in [7, 11) is 1.58. The van der Waals surface area contributed by atoms with Gasteiger partial charge in [0.15, 0.2) is 0 Å². The molecule has 37 heavy (non-hydrogen) atoms. The molecule has 1 fully saturated rings. The molecule has 1 atom stereocenters. The highest BCUT2D eigenvalue weighted by molar-refractivity contribution is 5.86. The van der Waals surface area contributed by atoms with Gasteiger partial charge in [0.2, 0.25) is 0 Å². The summed E-state index contributed by atoms with van der Waals surface area (Å²) in [5, 5.41) is 4.06. The van der Waals surface area contributed by atoms with Crippen LogP contribution < -0.4 is 4.74 Å². The van der Waals surface area contributed by atoms with Crippen LogP contribution in [0, 0.1) is 20.8 Å². The first-order valence-corrected chi connectivity index (χ1v) is 12.4. The van der Waals surface area contributed by atoms with Gasteiger partial charge in [-0.2, -0.15) is 8.78 Å². The Labute approximate surface area is 214 Å². The normalized spacial score (nSPS) is 18.8. The number of hydrogen-bond acceptors (Lipinski definition) is 6. The summed E-state index contributed by atoms with van der Waals surface area (Å²) in [6, 6.07) is 3.25. The number of aliphatic imine (C=N–C) groups is 1. The van der Waals surface area contributed by atoms with E-state index < -0.39 is 18.8 Å². The standard InChI is InChI=1S/C27H33F3N4O3/c1-14(13-36-27(29)30)34-25(16(3)32-26(34)18-7-9-19(28)10-8-18)20-12-23(35-6)21(11-22(20)31-5)24-15(2)33-37-17(24)4/h11-12,14,18-19,27H,5,7-10,13H2,1-4,6H3. The molecule has 2 aromatic heterocycles. The van der Waals surface area contributed by atoms with Gasteiger partial charge < -0.3 is 18.6 Å². The summed E-state index contributed by atoms with van der Waals surface area (Å²) in [4.78, 5) is 9.19. The Morgan fingerprint density at radius 2 is 1.84 bits per heavy atom. The van der Waals surface area contributed by atoms with Crippen molar-refractivity contribution in [2.24, 2.45) is 4.99 Å². The van der Waals surface area contributed by atoms with E-state index in [4.69, 9.17) is 19.0 Å². The zero-order valence-electron chi connectivity index (χ0n) is 21.9. The fraction of sp³-hybridized carbons (Fsp3) is 0.519. The maximum absolute atomic E-state index is 13.9. The van der Waals surface area contributed by atoms with Crippen molar-refractivity contribution in [3.05, 3.63) is 35.1 Å². The van der Waals surface area contributed by atoms with Crippen LogP contribution in [0.1, 0.15) is 67.5 Å². The highest BCUT2D eigenvalue weighted by atomic mass is 19.3. The molecule has 2 heterocycles. The van der Waals surface area contributed by atoms with Gasteiger partial charge in [0.05, 0.1) is 48.1 Å². The van der Waals surface area contributed by atoms with Crippen molar-refractivity contribution in [2.75, 3.05) is 13.7 Å². The van der Waals surface area contributed by atoms with Crippen LogP contribution in [0.3, 0.4) is 0 Å². The lowest BCUT2D eigenvalue weighted by molar-refractivity contribution is -0.135. The summed E-state index contributed by atoms with van der Waals surface area (Å²) in [6.45, 7) is 8.05. The van der Waals surface area contributed by atoms with Gasteiger partial charge in [-0.15, -0.1) is 0 Å². The summed E-state index contributed by atoms with van der Waals surface area (Å²) in [5.74, 6) is 1.97. The maximum Gasteiger partial charge on any atom is 0.345 e. The van der Waals surface area contributed by atoms with Crippen LogP contribution in [0.25, 0.3) is 22.4 Å². The highest BCUT2D eigenvalue weighted by Gasteiger charge is 2.31. The number of nitrogens with zero attached hydrogens (tertiary/aromatic N) is 4. The van der Waals surface area contributed by atoms with Crippen LogP contribution in [0.2, 0.25) is 0 Å². The Morgan fingerprint density at radius 1 is 1.14 bits per heavy atom. The molecular formula is C27H33F3N4O3. The van der Waals surface area contributed by atoms with Crippen molar-refractivity contribution in [1.82, 2.24) is 14.7 Å². The second-order valence-corrected chi connectivity index (χ2v) is 9.59. The van der Waals surface area contributed by atoms with Gasteiger partial charge in [0.1, 0.15) is 23.5 Å². The minimum absolute atomic E-state index is 0.0112. The zero-order valence-corrected chi connectivity index (χ0v) is 21.9. The van der Waals surface area contributed by atoms with E-state index in [0.29, 0.717) is 65.5 Å². The van der Waals surface area contributed by atoms with Gasteiger partial charge in [-0.05, 0) is 72.2 Å². The van der Waals surface area contributed by atoms with Crippen molar-refractivity contribution < 1.29 is 27.2 Å². The Bertz CT molecular complexity index is 1240. The van der Waals surface area contributed by atoms with Crippen LogP contribution in [0.15, 0.2) is 21.6 Å². The summed E-state index contributed by atoms with van der Waals surface area (Å²) >= 11 is 0. The summed E-state index contributed by atoms with van der Waals surface area (Å²) in [6.07, 6.45) is 1.36. The Morgan fingerprint density at radius 3 is 2.41 bits per heavy atom. The van der Waals surface area contributed by atoms with Gasteiger partial charge in [0.25, 0.3) is 0 Å². The van der Waals surface area contributed by atoms with E-state index in [-0.39, 0.29) is 12.5 Å². The molecule has 0 spiro atoms. The average Bonchev–Trinajstić information content (AvgIpc) is 3.40.